The van der Waals surface area contributed by atoms with Gasteiger partial charge in [-0.15, -0.1) is 6.58 Å². The molecule has 5 nitrogen and oxygen atoms in total. The standard InChI is InChI=1S/C7H13NO4/c1-2-3-8(4-6(9)10)5-7(11)12/h2,6,9-10H,1,3-5H2,(H,11,12). The van der Waals surface area contributed by atoms with Crippen molar-refractivity contribution in [1.82, 2.24) is 4.90 Å². The molecule has 0 spiro atoms. The van der Waals surface area contributed by atoms with E-state index in [0.29, 0.717) is 6.54 Å². The van der Waals surface area contributed by atoms with E-state index in [2.05, 4.69) is 6.58 Å². The van der Waals surface area contributed by atoms with Crippen molar-refractivity contribution in [3.63, 3.8) is 0 Å². The zero-order valence-electron chi connectivity index (χ0n) is 6.68. The second-order valence-corrected chi connectivity index (χ2v) is 2.36. The van der Waals surface area contributed by atoms with Crippen LogP contribution in [0.2, 0.25) is 0 Å². The molecule has 70 valence electrons. The van der Waals surface area contributed by atoms with Crippen LogP contribution >= 0.6 is 0 Å². The summed E-state index contributed by atoms with van der Waals surface area (Å²) in [4.78, 5) is 11.6. The molecule has 0 radical (unpaired) electrons. The Labute approximate surface area is 70.5 Å². The minimum Gasteiger partial charge on any atom is -0.480 e. The molecule has 0 saturated carbocycles. The second-order valence-electron chi connectivity index (χ2n) is 2.36. The van der Waals surface area contributed by atoms with E-state index in [0.717, 1.165) is 0 Å². The number of rotatable bonds is 6. The molecule has 0 rings (SSSR count). The molecule has 3 N–H and O–H groups in total. The first-order valence-corrected chi connectivity index (χ1v) is 3.47. The van der Waals surface area contributed by atoms with Crippen molar-refractivity contribution in [2.45, 2.75) is 6.29 Å². The number of aliphatic hydroxyl groups excluding tert-OH is 1. The van der Waals surface area contributed by atoms with Gasteiger partial charge in [0, 0.05) is 13.1 Å². The van der Waals surface area contributed by atoms with Crippen molar-refractivity contribution in [3.05, 3.63) is 12.7 Å². The highest BCUT2D eigenvalue weighted by Gasteiger charge is 2.10. The molecule has 0 saturated heterocycles. The van der Waals surface area contributed by atoms with Gasteiger partial charge in [-0.2, -0.15) is 0 Å². The average molecular weight is 175 g/mol. The van der Waals surface area contributed by atoms with E-state index >= 15 is 0 Å². The molecule has 0 aliphatic carbocycles. The SMILES string of the molecule is C=CCN(CC(=O)O)CC(O)O. The van der Waals surface area contributed by atoms with E-state index in [4.69, 9.17) is 15.3 Å². The Kier molecular flexibility index (Phi) is 5.27. The topological polar surface area (TPSA) is 81.0 Å². The number of aliphatic carboxylic acids is 1. The van der Waals surface area contributed by atoms with E-state index in [-0.39, 0.29) is 13.1 Å². The van der Waals surface area contributed by atoms with Gasteiger partial charge < -0.3 is 15.3 Å². The summed E-state index contributed by atoms with van der Waals surface area (Å²) in [6.45, 7) is 3.44. The Morgan fingerprint density at radius 2 is 2.17 bits per heavy atom. The molecule has 0 heterocycles. The molecular formula is C7H13NO4. The summed E-state index contributed by atoms with van der Waals surface area (Å²) >= 11 is 0. The molecule has 0 aliphatic rings. The van der Waals surface area contributed by atoms with Crippen LogP contribution in [0.1, 0.15) is 0 Å². The number of carboxylic acid groups (broad SMARTS) is 1. The molecule has 0 bridgehead atoms. The molecule has 0 aromatic heterocycles. The van der Waals surface area contributed by atoms with Crippen LogP contribution in [0.25, 0.3) is 0 Å². The van der Waals surface area contributed by atoms with E-state index < -0.39 is 12.3 Å². The highest BCUT2D eigenvalue weighted by molar-refractivity contribution is 5.69. The largest absolute Gasteiger partial charge is 0.480 e. The van der Waals surface area contributed by atoms with Gasteiger partial charge in [0.2, 0.25) is 0 Å². The van der Waals surface area contributed by atoms with E-state index in [9.17, 15) is 4.79 Å². The van der Waals surface area contributed by atoms with Gasteiger partial charge in [-0.3, -0.25) is 9.69 Å². The van der Waals surface area contributed by atoms with Gasteiger partial charge in [-0.25, -0.2) is 0 Å². The first-order chi connectivity index (χ1) is 5.56. The highest BCUT2D eigenvalue weighted by Crippen LogP contribution is 1.90. The lowest BCUT2D eigenvalue weighted by molar-refractivity contribution is -0.139. The highest BCUT2D eigenvalue weighted by atomic mass is 16.5. The predicted octanol–water partition coefficient (Wildman–Crippen LogP) is -1.13. The van der Waals surface area contributed by atoms with Crippen molar-refractivity contribution in [2.24, 2.45) is 0 Å². The molecule has 0 fully saturated rings. The minimum absolute atomic E-state index is 0.0850. The summed E-state index contributed by atoms with van der Waals surface area (Å²) in [5, 5.41) is 25.5. The summed E-state index contributed by atoms with van der Waals surface area (Å²) in [7, 11) is 0. The van der Waals surface area contributed by atoms with Gasteiger partial charge in [0.15, 0.2) is 6.29 Å². The Morgan fingerprint density at radius 3 is 2.50 bits per heavy atom. The number of hydrogen-bond donors (Lipinski definition) is 3. The van der Waals surface area contributed by atoms with Crippen LogP contribution in [0.4, 0.5) is 0 Å². The quantitative estimate of drug-likeness (QED) is 0.351. The van der Waals surface area contributed by atoms with Gasteiger partial charge in [-0.05, 0) is 0 Å². The monoisotopic (exact) mass is 175 g/mol. The summed E-state index contributed by atoms with van der Waals surface area (Å²) in [5.74, 6) is -1.00. The van der Waals surface area contributed by atoms with Gasteiger partial charge >= 0.3 is 5.97 Å². The van der Waals surface area contributed by atoms with Crippen molar-refractivity contribution < 1.29 is 20.1 Å². The Bertz CT molecular complexity index is 157. The molecular weight excluding hydrogens is 162 g/mol. The summed E-state index contributed by atoms with van der Waals surface area (Å²) in [5.41, 5.74) is 0. The van der Waals surface area contributed by atoms with Crippen LogP contribution in [0, 0.1) is 0 Å². The molecule has 0 amide bonds. The smallest absolute Gasteiger partial charge is 0.317 e. The predicted molar refractivity (Wildman–Crippen MR) is 42.5 cm³/mol. The third-order valence-electron chi connectivity index (χ3n) is 1.17. The number of aliphatic hydroxyl groups is 2. The van der Waals surface area contributed by atoms with Crippen LogP contribution in [-0.2, 0) is 4.79 Å². The third-order valence-corrected chi connectivity index (χ3v) is 1.17. The lowest BCUT2D eigenvalue weighted by atomic mass is 10.4. The Morgan fingerprint density at radius 1 is 1.58 bits per heavy atom. The second kappa shape index (κ2) is 5.70. The lowest BCUT2D eigenvalue weighted by Gasteiger charge is -2.18. The molecule has 0 aromatic carbocycles. The first kappa shape index (κ1) is 11.1. The first-order valence-electron chi connectivity index (χ1n) is 3.47. The Balaban J connectivity index is 3.85. The van der Waals surface area contributed by atoms with E-state index in [1.165, 1.54) is 11.0 Å². The van der Waals surface area contributed by atoms with Crippen molar-refractivity contribution in [1.29, 1.82) is 0 Å². The van der Waals surface area contributed by atoms with Gasteiger partial charge in [0.25, 0.3) is 0 Å². The van der Waals surface area contributed by atoms with Crippen LogP contribution in [0.3, 0.4) is 0 Å². The fourth-order valence-corrected chi connectivity index (χ4v) is 0.808. The van der Waals surface area contributed by atoms with Crippen LogP contribution in [-0.4, -0.2) is 52.1 Å². The average Bonchev–Trinajstić information content (AvgIpc) is 1.84. The van der Waals surface area contributed by atoms with Gasteiger partial charge in [0.1, 0.15) is 0 Å². The fourth-order valence-electron chi connectivity index (χ4n) is 0.808. The number of nitrogens with zero attached hydrogens (tertiary/aromatic N) is 1. The summed E-state index contributed by atoms with van der Waals surface area (Å²) in [6.07, 6.45) is -0.00463. The molecule has 0 aliphatic heterocycles. The molecule has 12 heavy (non-hydrogen) atoms. The minimum atomic E-state index is -1.51. The lowest BCUT2D eigenvalue weighted by Crippen LogP contribution is -2.36. The zero-order valence-corrected chi connectivity index (χ0v) is 6.68. The van der Waals surface area contributed by atoms with Crippen molar-refractivity contribution >= 4 is 5.97 Å². The summed E-state index contributed by atoms with van der Waals surface area (Å²) < 4.78 is 0. The summed E-state index contributed by atoms with van der Waals surface area (Å²) in [6, 6.07) is 0. The van der Waals surface area contributed by atoms with Crippen molar-refractivity contribution in [3.8, 4) is 0 Å². The number of carbonyl (C=O) groups is 1. The number of hydrogen-bond acceptors (Lipinski definition) is 4. The maximum absolute atomic E-state index is 10.2. The fraction of sp³-hybridized carbons (Fsp3) is 0.571. The Hall–Kier alpha value is -0.910. The zero-order chi connectivity index (χ0) is 9.56. The van der Waals surface area contributed by atoms with Crippen molar-refractivity contribution in [2.75, 3.05) is 19.6 Å². The molecule has 0 aromatic rings. The maximum Gasteiger partial charge on any atom is 0.317 e. The van der Waals surface area contributed by atoms with E-state index in [1.54, 1.807) is 0 Å². The van der Waals surface area contributed by atoms with Gasteiger partial charge in [-0.1, -0.05) is 6.08 Å². The van der Waals surface area contributed by atoms with E-state index in [1.807, 2.05) is 0 Å². The van der Waals surface area contributed by atoms with Crippen LogP contribution < -0.4 is 0 Å². The molecule has 0 atom stereocenters. The van der Waals surface area contributed by atoms with Crippen LogP contribution in [0.15, 0.2) is 12.7 Å². The third kappa shape index (κ3) is 5.84. The molecule has 5 heteroatoms. The number of carboxylic acids is 1. The van der Waals surface area contributed by atoms with Crippen LogP contribution in [0.5, 0.6) is 0 Å². The maximum atomic E-state index is 10.2. The van der Waals surface area contributed by atoms with Gasteiger partial charge in [0.05, 0.1) is 6.54 Å². The molecule has 0 unspecified atom stereocenters. The normalized spacial score (nSPS) is 10.7.